The van der Waals surface area contributed by atoms with Crippen LogP contribution in [0.25, 0.3) is 0 Å². The van der Waals surface area contributed by atoms with Crippen molar-refractivity contribution in [1.29, 1.82) is 0 Å². The van der Waals surface area contributed by atoms with Crippen LogP contribution in [0.3, 0.4) is 0 Å². The summed E-state index contributed by atoms with van der Waals surface area (Å²) in [5, 5.41) is 0. The molecule has 102 valence electrons. The molecule has 0 bridgehead atoms. The Hall–Kier alpha value is -2.03. The molecule has 1 rings (SSSR count). The van der Waals surface area contributed by atoms with Gasteiger partial charge in [-0.05, 0) is 13.6 Å². The van der Waals surface area contributed by atoms with Crippen molar-refractivity contribution in [3.05, 3.63) is 18.3 Å². The number of halogens is 1. The number of hydrogen-bond acceptors (Lipinski definition) is 7. The molecular formula is C10H13BFN3O4. The molecule has 0 aromatic carbocycles. The van der Waals surface area contributed by atoms with Crippen LogP contribution in [-0.4, -0.2) is 54.6 Å². The number of carbonyl (C=O) groups excluding carboxylic acids is 2. The van der Waals surface area contributed by atoms with E-state index in [1.54, 1.807) is 11.9 Å². The number of likely N-dealkylation sites (N-methyl/N-ethyl adjacent to an activating group) is 1. The summed E-state index contributed by atoms with van der Waals surface area (Å²) in [6.07, 6.45) is 2.03. The molecule has 1 aromatic rings. The average Bonchev–Trinajstić information content (AvgIpc) is 2.38. The Bertz CT molecular complexity index is 449. The quantitative estimate of drug-likeness (QED) is 0.462. The highest BCUT2D eigenvalue weighted by atomic mass is 19.1. The van der Waals surface area contributed by atoms with Crippen molar-refractivity contribution >= 4 is 25.2 Å². The van der Waals surface area contributed by atoms with Crippen molar-refractivity contribution in [2.24, 2.45) is 0 Å². The second-order valence-corrected chi connectivity index (χ2v) is 3.65. The predicted molar refractivity (Wildman–Crippen MR) is 63.8 cm³/mol. The van der Waals surface area contributed by atoms with Gasteiger partial charge in [-0.3, -0.25) is 19.5 Å². The molecule has 0 aliphatic rings. The maximum absolute atomic E-state index is 12.9. The van der Waals surface area contributed by atoms with Crippen molar-refractivity contribution in [1.82, 2.24) is 14.9 Å². The van der Waals surface area contributed by atoms with Gasteiger partial charge in [0.15, 0.2) is 0 Å². The first-order chi connectivity index (χ1) is 9.06. The lowest BCUT2D eigenvalue weighted by Crippen LogP contribution is -2.43. The topological polar surface area (TPSA) is 81.6 Å². The van der Waals surface area contributed by atoms with Gasteiger partial charge in [0.1, 0.15) is 5.59 Å². The summed E-state index contributed by atoms with van der Waals surface area (Å²) in [6.45, 7) is 2.62. The average molecular weight is 269 g/mol. The number of nitrogens with zero attached hydrogens (tertiary/aromatic N) is 3. The summed E-state index contributed by atoms with van der Waals surface area (Å²) >= 11 is 0. The molecule has 0 saturated carbocycles. The summed E-state index contributed by atoms with van der Waals surface area (Å²) in [5.74, 6) is -1.49. The van der Waals surface area contributed by atoms with E-state index in [0.717, 1.165) is 12.4 Å². The molecule has 0 amide bonds. The van der Waals surface area contributed by atoms with Gasteiger partial charge in [-0.15, -0.1) is 0 Å². The number of rotatable bonds is 7. The number of hydrogen-bond donors (Lipinski definition) is 0. The Kier molecular flexibility index (Phi) is 5.87. The Morgan fingerprint density at radius 3 is 2.89 bits per heavy atom. The first-order valence-electron chi connectivity index (χ1n) is 5.51. The van der Waals surface area contributed by atoms with Gasteiger partial charge >= 0.3 is 13.1 Å². The van der Waals surface area contributed by atoms with Gasteiger partial charge < -0.3 is 9.31 Å². The summed E-state index contributed by atoms with van der Waals surface area (Å²) in [4.78, 5) is 30.6. The molecule has 9 heteroatoms. The third-order valence-electron chi connectivity index (χ3n) is 2.22. The molecule has 0 saturated heterocycles. The van der Waals surface area contributed by atoms with Crippen molar-refractivity contribution < 1.29 is 23.3 Å². The predicted octanol–water partition coefficient (Wildman–Crippen LogP) is -1.02. The third-order valence-corrected chi connectivity index (χ3v) is 2.22. The first-order valence-corrected chi connectivity index (χ1v) is 5.51. The van der Waals surface area contributed by atoms with Gasteiger partial charge in [0.25, 0.3) is 6.47 Å². The minimum atomic E-state index is -1.40. The maximum Gasteiger partial charge on any atom is 0.657 e. The lowest BCUT2D eigenvalue weighted by atomic mass is 9.85. The number of carbonyl (C=O) groups is 2. The number of aromatic nitrogens is 2. The van der Waals surface area contributed by atoms with Crippen molar-refractivity contribution in [2.75, 3.05) is 20.1 Å². The fourth-order valence-corrected chi connectivity index (χ4v) is 1.17. The Balaban J connectivity index is 2.72. The molecule has 7 nitrogen and oxygen atoms in total. The Morgan fingerprint density at radius 2 is 2.32 bits per heavy atom. The van der Waals surface area contributed by atoms with Crippen LogP contribution in [-0.2, 0) is 18.9 Å². The molecular weight excluding hydrogens is 256 g/mol. The van der Waals surface area contributed by atoms with E-state index in [-0.39, 0.29) is 18.6 Å². The van der Waals surface area contributed by atoms with E-state index in [2.05, 4.69) is 14.6 Å². The van der Waals surface area contributed by atoms with E-state index in [4.69, 9.17) is 4.65 Å². The van der Waals surface area contributed by atoms with Crippen LogP contribution in [0.1, 0.15) is 6.92 Å². The highest BCUT2D eigenvalue weighted by Crippen LogP contribution is 1.93. The lowest BCUT2D eigenvalue weighted by Gasteiger charge is -2.15. The maximum atomic E-state index is 12.9. The molecule has 0 atom stereocenters. The fraction of sp³-hybridized carbons (Fsp3) is 0.400. The van der Waals surface area contributed by atoms with E-state index in [0.29, 0.717) is 6.54 Å². The highest BCUT2D eigenvalue weighted by Gasteiger charge is 2.30. The van der Waals surface area contributed by atoms with Gasteiger partial charge in [0.05, 0.1) is 12.7 Å². The SMILES string of the molecule is CCN(C)CC(=O)OB(OC=O)c1cncc(F)n1. The first kappa shape index (κ1) is 15.0. The summed E-state index contributed by atoms with van der Waals surface area (Å²) in [7, 11) is 0.317. The lowest BCUT2D eigenvalue weighted by molar-refractivity contribution is -0.137. The molecule has 0 unspecified atom stereocenters. The smallest absolute Gasteiger partial charge is 0.497 e. The van der Waals surface area contributed by atoms with Crippen LogP contribution in [0.4, 0.5) is 4.39 Å². The van der Waals surface area contributed by atoms with E-state index < -0.39 is 19.0 Å². The standard InChI is InChI=1S/C10H13BFN3O4/c1-3-15(2)6-10(17)19-11(18-7-16)8-4-13-5-9(12)14-8/h4-5,7H,3,6H2,1-2H3. The van der Waals surface area contributed by atoms with Crippen LogP contribution in [0.15, 0.2) is 12.4 Å². The van der Waals surface area contributed by atoms with Crippen molar-refractivity contribution in [2.45, 2.75) is 6.92 Å². The van der Waals surface area contributed by atoms with Gasteiger partial charge in [-0.1, -0.05) is 6.92 Å². The van der Waals surface area contributed by atoms with Crippen LogP contribution < -0.4 is 5.59 Å². The molecule has 19 heavy (non-hydrogen) atoms. The van der Waals surface area contributed by atoms with E-state index in [9.17, 15) is 14.0 Å². The molecule has 0 fully saturated rings. The minimum absolute atomic E-state index is 0.0119. The molecule has 1 heterocycles. The van der Waals surface area contributed by atoms with Gasteiger partial charge in [0.2, 0.25) is 5.95 Å². The summed E-state index contributed by atoms with van der Waals surface area (Å²) in [5.41, 5.74) is -0.0976. The zero-order chi connectivity index (χ0) is 14.3. The molecule has 0 aliphatic carbocycles. The van der Waals surface area contributed by atoms with E-state index in [1.165, 1.54) is 0 Å². The second-order valence-electron chi connectivity index (χ2n) is 3.65. The van der Waals surface area contributed by atoms with Crippen LogP contribution in [0, 0.1) is 5.95 Å². The Labute approximate surface area is 109 Å². The molecule has 0 spiro atoms. The molecule has 1 aromatic heterocycles. The second kappa shape index (κ2) is 7.42. The van der Waals surface area contributed by atoms with Gasteiger partial charge in [-0.25, -0.2) is 4.98 Å². The zero-order valence-corrected chi connectivity index (χ0v) is 10.6. The zero-order valence-electron chi connectivity index (χ0n) is 10.6. The van der Waals surface area contributed by atoms with Crippen molar-refractivity contribution in [3.63, 3.8) is 0 Å². The van der Waals surface area contributed by atoms with Crippen LogP contribution >= 0.6 is 0 Å². The monoisotopic (exact) mass is 269 g/mol. The molecule has 0 radical (unpaired) electrons. The van der Waals surface area contributed by atoms with Crippen LogP contribution in [0.5, 0.6) is 0 Å². The largest absolute Gasteiger partial charge is 0.657 e. The van der Waals surface area contributed by atoms with E-state index in [1.807, 2.05) is 6.92 Å². The summed E-state index contributed by atoms with van der Waals surface area (Å²) < 4.78 is 22.4. The molecule has 0 N–H and O–H groups in total. The Morgan fingerprint density at radius 1 is 1.58 bits per heavy atom. The normalized spacial score (nSPS) is 10.1. The molecule has 0 aliphatic heterocycles. The van der Waals surface area contributed by atoms with Crippen molar-refractivity contribution in [3.8, 4) is 0 Å². The van der Waals surface area contributed by atoms with E-state index >= 15 is 0 Å². The van der Waals surface area contributed by atoms with Gasteiger partial charge in [-0.2, -0.15) is 4.39 Å². The fourth-order valence-electron chi connectivity index (χ4n) is 1.17. The minimum Gasteiger partial charge on any atom is -0.497 e. The highest BCUT2D eigenvalue weighted by molar-refractivity contribution is 6.62. The van der Waals surface area contributed by atoms with Crippen LogP contribution in [0.2, 0.25) is 0 Å². The third kappa shape index (κ3) is 5.00. The summed E-state index contributed by atoms with van der Waals surface area (Å²) in [6, 6.07) is 0. The van der Waals surface area contributed by atoms with Gasteiger partial charge in [0, 0.05) is 6.20 Å².